The molecule has 0 aromatic heterocycles. The molecular weight excluding hydrogens is 274 g/mol. The number of nitrogen functional groups attached to an aromatic ring is 1. The molecule has 0 atom stereocenters. The Kier molecular flexibility index (Phi) is 4.11. The van der Waals surface area contributed by atoms with Gasteiger partial charge in [-0.25, -0.2) is 8.78 Å². The van der Waals surface area contributed by atoms with Crippen LogP contribution >= 0.6 is 23.7 Å². The van der Waals surface area contributed by atoms with Gasteiger partial charge in [-0.3, -0.25) is 5.14 Å². The number of benzene rings is 2. The van der Waals surface area contributed by atoms with Gasteiger partial charge < -0.3 is 5.73 Å². The standard InChI is InChI=1S/C12H10F2N2S2/c13-7-1-4-11(9(14)5-7)17-12-6-8(18-16)2-3-10(12)15/h1-6H,15-16H2. The van der Waals surface area contributed by atoms with E-state index < -0.39 is 11.6 Å². The van der Waals surface area contributed by atoms with Gasteiger partial charge >= 0.3 is 0 Å². The van der Waals surface area contributed by atoms with Gasteiger partial charge in [0.2, 0.25) is 0 Å². The van der Waals surface area contributed by atoms with E-state index in [4.69, 9.17) is 10.9 Å². The van der Waals surface area contributed by atoms with Crippen LogP contribution in [0.1, 0.15) is 0 Å². The lowest BCUT2D eigenvalue weighted by Gasteiger charge is -2.07. The first-order valence-electron chi connectivity index (χ1n) is 4.99. The van der Waals surface area contributed by atoms with Crippen molar-refractivity contribution < 1.29 is 8.78 Å². The normalized spacial score (nSPS) is 10.6. The summed E-state index contributed by atoms with van der Waals surface area (Å²) in [7, 11) is 0. The number of hydrogen-bond donors (Lipinski definition) is 2. The van der Waals surface area contributed by atoms with Crippen LogP contribution in [0.25, 0.3) is 0 Å². The topological polar surface area (TPSA) is 52.0 Å². The highest BCUT2D eigenvalue weighted by molar-refractivity contribution is 7.99. The molecule has 0 radical (unpaired) electrons. The van der Waals surface area contributed by atoms with E-state index >= 15 is 0 Å². The molecule has 0 heterocycles. The molecule has 0 amide bonds. The van der Waals surface area contributed by atoms with Crippen molar-refractivity contribution in [3.8, 4) is 0 Å². The molecule has 2 rings (SSSR count). The summed E-state index contributed by atoms with van der Waals surface area (Å²) in [6.45, 7) is 0. The molecule has 0 aliphatic carbocycles. The summed E-state index contributed by atoms with van der Waals surface area (Å²) in [5.74, 6) is -1.21. The number of nitrogens with two attached hydrogens (primary N) is 2. The van der Waals surface area contributed by atoms with Crippen LogP contribution in [0.4, 0.5) is 14.5 Å². The van der Waals surface area contributed by atoms with Crippen molar-refractivity contribution in [3.63, 3.8) is 0 Å². The van der Waals surface area contributed by atoms with Crippen LogP contribution in [0.15, 0.2) is 51.1 Å². The predicted octanol–water partition coefficient (Wildman–Crippen LogP) is 3.66. The lowest BCUT2D eigenvalue weighted by Crippen LogP contribution is -1.91. The van der Waals surface area contributed by atoms with E-state index in [1.54, 1.807) is 18.2 Å². The third-order valence-electron chi connectivity index (χ3n) is 2.23. The van der Waals surface area contributed by atoms with E-state index in [0.29, 0.717) is 15.5 Å². The zero-order valence-corrected chi connectivity index (χ0v) is 10.8. The lowest BCUT2D eigenvalue weighted by molar-refractivity contribution is 0.565. The summed E-state index contributed by atoms with van der Waals surface area (Å²) in [5.41, 5.74) is 6.33. The first kappa shape index (κ1) is 13.2. The third-order valence-corrected chi connectivity index (χ3v) is 3.89. The fourth-order valence-corrected chi connectivity index (χ4v) is 2.66. The van der Waals surface area contributed by atoms with Gasteiger partial charge in [-0.15, -0.1) is 0 Å². The average Bonchev–Trinajstić information content (AvgIpc) is 2.35. The summed E-state index contributed by atoms with van der Waals surface area (Å²) < 4.78 is 26.3. The van der Waals surface area contributed by atoms with Gasteiger partial charge in [-0.1, -0.05) is 11.8 Å². The minimum Gasteiger partial charge on any atom is -0.398 e. The summed E-state index contributed by atoms with van der Waals surface area (Å²) in [6, 6.07) is 8.71. The second kappa shape index (κ2) is 5.60. The van der Waals surface area contributed by atoms with E-state index in [-0.39, 0.29) is 0 Å². The van der Waals surface area contributed by atoms with Gasteiger partial charge in [0.25, 0.3) is 0 Å². The number of halogens is 2. The predicted molar refractivity (Wildman–Crippen MR) is 71.4 cm³/mol. The minimum atomic E-state index is -0.606. The number of anilines is 1. The van der Waals surface area contributed by atoms with Gasteiger partial charge in [-0.2, -0.15) is 0 Å². The molecule has 0 saturated carbocycles. The molecule has 0 aliphatic rings. The smallest absolute Gasteiger partial charge is 0.140 e. The van der Waals surface area contributed by atoms with E-state index in [1.807, 2.05) is 0 Å². The van der Waals surface area contributed by atoms with Crippen LogP contribution in [0.5, 0.6) is 0 Å². The van der Waals surface area contributed by atoms with Crippen molar-refractivity contribution in [2.24, 2.45) is 5.14 Å². The van der Waals surface area contributed by atoms with Crippen molar-refractivity contribution in [1.29, 1.82) is 0 Å². The highest BCUT2D eigenvalue weighted by Crippen LogP contribution is 2.35. The van der Waals surface area contributed by atoms with Gasteiger partial charge in [0.15, 0.2) is 0 Å². The average molecular weight is 284 g/mol. The molecule has 0 bridgehead atoms. The van der Waals surface area contributed by atoms with Crippen LogP contribution in [0.3, 0.4) is 0 Å². The third kappa shape index (κ3) is 2.95. The molecule has 0 saturated heterocycles. The molecule has 2 aromatic rings. The Balaban J connectivity index is 2.33. The maximum atomic E-state index is 13.5. The number of rotatable bonds is 3. The highest BCUT2D eigenvalue weighted by Gasteiger charge is 2.08. The molecular formula is C12H10F2N2S2. The van der Waals surface area contributed by atoms with E-state index in [0.717, 1.165) is 34.7 Å². The van der Waals surface area contributed by atoms with E-state index in [1.165, 1.54) is 12.1 Å². The first-order chi connectivity index (χ1) is 8.60. The maximum Gasteiger partial charge on any atom is 0.140 e. The van der Waals surface area contributed by atoms with Gasteiger partial charge in [0, 0.05) is 26.4 Å². The fraction of sp³-hybridized carbons (Fsp3) is 0. The Morgan fingerprint density at radius 2 is 1.72 bits per heavy atom. The molecule has 0 aliphatic heterocycles. The quantitative estimate of drug-likeness (QED) is 0.667. The monoisotopic (exact) mass is 284 g/mol. The zero-order chi connectivity index (χ0) is 13.1. The molecule has 2 nitrogen and oxygen atoms in total. The molecule has 0 fully saturated rings. The molecule has 2 aromatic carbocycles. The Bertz CT molecular complexity index is 576. The van der Waals surface area contributed by atoms with Crippen LogP contribution < -0.4 is 10.9 Å². The van der Waals surface area contributed by atoms with Gasteiger partial charge in [0.1, 0.15) is 11.6 Å². The molecule has 18 heavy (non-hydrogen) atoms. The Hall–Kier alpha value is -1.24. The summed E-state index contributed by atoms with van der Waals surface area (Å²) >= 11 is 2.23. The van der Waals surface area contributed by atoms with Gasteiger partial charge in [0.05, 0.1) is 0 Å². The Labute approximate surface area is 112 Å². The van der Waals surface area contributed by atoms with Crippen molar-refractivity contribution in [2.75, 3.05) is 5.73 Å². The fourth-order valence-electron chi connectivity index (χ4n) is 1.35. The summed E-state index contributed by atoms with van der Waals surface area (Å²) in [4.78, 5) is 1.84. The largest absolute Gasteiger partial charge is 0.398 e. The van der Waals surface area contributed by atoms with Crippen LogP contribution in [0.2, 0.25) is 0 Å². The highest BCUT2D eigenvalue weighted by atomic mass is 32.2. The zero-order valence-electron chi connectivity index (χ0n) is 9.19. The Morgan fingerprint density at radius 3 is 2.39 bits per heavy atom. The van der Waals surface area contributed by atoms with E-state index in [9.17, 15) is 8.78 Å². The van der Waals surface area contributed by atoms with Crippen molar-refractivity contribution in [1.82, 2.24) is 0 Å². The van der Waals surface area contributed by atoms with Gasteiger partial charge in [-0.05, 0) is 42.3 Å². The Morgan fingerprint density at radius 1 is 0.944 bits per heavy atom. The summed E-state index contributed by atoms with van der Waals surface area (Å²) in [6.07, 6.45) is 0. The van der Waals surface area contributed by atoms with Crippen molar-refractivity contribution in [3.05, 3.63) is 48.0 Å². The molecule has 94 valence electrons. The molecule has 0 spiro atoms. The van der Waals surface area contributed by atoms with Crippen LogP contribution in [-0.2, 0) is 0 Å². The second-order valence-corrected chi connectivity index (χ2v) is 5.29. The molecule has 4 N–H and O–H groups in total. The lowest BCUT2D eigenvalue weighted by atomic mass is 10.3. The summed E-state index contributed by atoms with van der Waals surface area (Å²) in [5, 5.41) is 5.45. The molecule has 0 unspecified atom stereocenters. The molecule has 6 heteroatoms. The first-order valence-corrected chi connectivity index (χ1v) is 6.69. The minimum absolute atomic E-state index is 0.322. The van der Waals surface area contributed by atoms with Crippen LogP contribution in [-0.4, -0.2) is 0 Å². The number of hydrogen-bond acceptors (Lipinski definition) is 4. The maximum absolute atomic E-state index is 13.5. The van der Waals surface area contributed by atoms with Crippen molar-refractivity contribution >= 4 is 29.4 Å². The van der Waals surface area contributed by atoms with E-state index in [2.05, 4.69) is 0 Å². The second-order valence-electron chi connectivity index (χ2n) is 3.49. The SMILES string of the molecule is NSc1ccc(N)c(Sc2ccc(F)cc2F)c1. The van der Waals surface area contributed by atoms with Crippen molar-refractivity contribution in [2.45, 2.75) is 14.7 Å². The van der Waals surface area contributed by atoms with Crippen LogP contribution in [0, 0.1) is 11.6 Å².